The zero-order chi connectivity index (χ0) is 13.6. The van der Waals surface area contributed by atoms with Crippen molar-refractivity contribution in [2.45, 2.75) is 56.0 Å². The van der Waals surface area contributed by atoms with Crippen LogP contribution in [-0.4, -0.2) is 38.0 Å². The number of amides is 1. The summed E-state index contributed by atoms with van der Waals surface area (Å²) in [6.45, 7) is 1.77. The fourth-order valence-corrected chi connectivity index (χ4v) is 3.88. The zero-order valence-corrected chi connectivity index (χ0v) is 12.2. The highest BCUT2D eigenvalue weighted by Crippen LogP contribution is 2.43. The van der Waals surface area contributed by atoms with Crippen molar-refractivity contribution in [3.05, 3.63) is 18.0 Å². The van der Waals surface area contributed by atoms with E-state index in [1.54, 1.807) is 6.92 Å². The van der Waals surface area contributed by atoms with E-state index >= 15 is 0 Å². The smallest absolute Gasteiger partial charge is 0.240 e. The van der Waals surface area contributed by atoms with Crippen LogP contribution in [-0.2, 0) is 11.8 Å². The van der Waals surface area contributed by atoms with Crippen LogP contribution in [0.5, 0.6) is 0 Å². The molecule has 1 aromatic rings. The van der Waals surface area contributed by atoms with E-state index in [0.717, 1.165) is 25.7 Å². The first-order valence-corrected chi connectivity index (χ1v) is 7.45. The minimum atomic E-state index is -0.406. The molecule has 0 aromatic carbocycles. The highest BCUT2D eigenvalue weighted by Gasteiger charge is 2.44. The van der Waals surface area contributed by atoms with Gasteiger partial charge in [-0.2, -0.15) is 5.10 Å². The van der Waals surface area contributed by atoms with Gasteiger partial charge < -0.3 is 4.90 Å². The normalized spacial score (nSPS) is 31.5. The summed E-state index contributed by atoms with van der Waals surface area (Å²) in [5.41, 5.74) is 1.29. The van der Waals surface area contributed by atoms with Crippen LogP contribution in [0.25, 0.3) is 0 Å². The second kappa shape index (κ2) is 4.82. The number of piperidine rings is 1. The molecule has 104 valence electrons. The van der Waals surface area contributed by atoms with Gasteiger partial charge in [-0.05, 0) is 38.7 Å². The zero-order valence-electron chi connectivity index (χ0n) is 11.4. The molecule has 19 heavy (non-hydrogen) atoms. The van der Waals surface area contributed by atoms with E-state index in [1.807, 2.05) is 17.9 Å². The second-order valence-corrected chi connectivity index (χ2v) is 6.45. The molecule has 0 N–H and O–H groups in total. The van der Waals surface area contributed by atoms with Crippen molar-refractivity contribution < 1.29 is 4.79 Å². The van der Waals surface area contributed by atoms with Gasteiger partial charge in [0.1, 0.15) is 5.38 Å². The molecule has 2 fully saturated rings. The Kier molecular flexibility index (Phi) is 3.29. The SMILES string of the molecule is CC(Cl)C(=O)N1C2CCC1CC(c1ccnn1C)C2. The Bertz CT molecular complexity index is 471. The molecule has 3 heterocycles. The summed E-state index contributed by atoms with van der Waals surface area (Å²) in [5.74, 6) is 0.636. The molecule has 0 aliphatic carbocycles. The number of carbonyl (C=O) groups is 1. The molecule has 2 aliphatic rings. The minimum absolute atomic E-state index is 0.109. The quantitative estimate of drug-likeness (QED) is 0.780. The van der Waals surface area contributed by atoms with Gasteiger partial charge in [0, 0.05) is 36.9 Å². The predicted octanol–water partition coefficient (Wildman–Crippen LogP) is 2.28. The number of fused-ring (bicyclic) bond motifs is 2. The van der Waals surface area contributed by atoms with Crippen molar-refractivity contribution in [1.82, 2.24) is 14.7 Å². The number of rotatable bonds is 2. The van der Waals surface area contributed by atoms with Crippen molar-refractivity contribution in [3.8, 4) is 0 Å². The first kappa shape index (κ1) is 13.0. The molecule has 1 aromatic heterocycles. The van der Waals surface area contributed by atoms with Crippen LogP contribution in [0.15, 0.2) is 12.3 Å². The first-order chi connectivity index (χ1) is 9.08. The third-order valence-corrected chi connectivity index (χ3v) is 4.79. The molecule has 2 saturated heterocycles. The third-order valence-electron chi connectivity index (χ3n) is 4.60. The number of hydrogen-bond acceptors (Lipinski definition) is 2. The predicted molar refractivity (Wildman–Crippen MR) is 74.2 cm³/mol. The number of nitrogens with zero attached hydrogens (tertiary/aromatic N) is 3. The summed E-state index contributed by atoms with van der Waals surface area (Å²) in [7, 11) is 2.00. The molecular weight excluding hydrogens is 262 g/mol. The standard InChI is InChI=1S/C14H20ClN3O/c1-9(15)14(19)18-11-3-4-12(18)8-10(7-11)13-5-6-16-17(13)2/h5-6,9-12H,3-4,7-8H2,1-2H3. The molecule has 0 spiro atoms. The maximum absolute atomic E-state index is 12.2. The lowest BCUT2D eigenvalue weighted by Gasteiger charge is -2.39. The summed E-state index contributed by atoms with van der Waals surface area (Å²) in [6.07, 6.45) is 6.19. The molecule has 2 bridgehead atoms. The fourth-order valence-electron chi connectivity index (χ4n) is 3.77. The summed E-state index contributed by atoms with van der Waals surface area (Å²) >= 11 is 5.98. The van der Waals surface area contributed by atoms with E-state index in [9.17, 15) is 4.79 Å². The summed E-state index contributed by atoms with van der Waals surface area (Å²) in [6, 6.07) is 2.84. The largest absolute Gasteiger partial charge is 0.335 e. The van der Waals surface area contributed by atoms with Crippen LogP contribution in [0.1, 0.15) is 44.2 Å². The maximum atomic E-state index is 12.2. The monoisotopic (exact) mass is 281 g/mol. The number of aryl methyl sites for hydroxylation is 1. The fraction of sp³-hybridized carbons (Fsp3) is 0.714. The van der Waals surface area contributed by atoms with Gasteiger partial charge in [-0.25, -0.2) is 0 Å². The van der Waals surface area contributed by atoms with Gasteiger partial charge in [-0.1, -0.05) is 0 Å². The van der Waals surface area contributed by atoms with Crippen LogP contribution >= 0.6 is 11.6 Å². The lowest BCUT2D eigenvalue weighted by molar-refractivity contribution is -0.135. The lowest BCUT2D eigenvalue weighted by atomic mass is 9.88. The molecule has 1 amide bonds. The number of aromatic nitrogens is 2. The van der Waals surface area contributed by atoms with Crippen molar-refractivity contribution in [3.63, 3.8) is 0 Å². The van der Waals surface area contributed by atoms with E-state index < -0.39 is 5.38 Å². The molecular formula is C14H20ClN3O. The summed E-state index contributed by atoms with van der Waals surface area (Å²) in [4.78, 5) is 14.3. The number of hydrogen-bond donors (Lipinski definition) is 0. The van der Waals surface area contributed by atoms with E-state index in [2.05, 4.69) is 16.1 Å². The van der Waals surface area contributed by atoms with Crippen LogP contribution in [0.3, 0.4) is 0 Å². The van der Waals surface area contributed by atoms with E-state index in [4.69, 9.17) is 11.6 Å². The van der Waals surface area contributed by atoms with Crippen molar-refractivity contribution in [2.75, 3.05) is 0 Å². The van der Waals surface area contributed by atoms with Gasteiger partial charge in [-0.15, -0.1) is 11.6 Å². The Morgan fingerprint density at radius 2 is 2.05 bits per heavy atom. The van der Waals surface area contributed by atoms with Gasteiger partial charge in [0.15, 0.2) is 0 Å². The van der Waals surface area contributed by atoms with E-state index in [1.165, 1.54) is 5.69 Å². The number of carbonyl (C=O) groups excluding carboxylic acids is 1. The van der Waals surface area contributed by atoms with Crippen LogP contribution in [0.2, 0.25) is 0 Å². The second-order valence-electron chi connectivity index (χ2n) is 5.79. The van der Waals surface area contributed by atoms with Gasteiger partial charge in [-0.3, -0.25) is 9.48 Å². The first-order valence-electron chi connectivity index (χ1n) is 7.02. The van der Waals surface area contributed by atoms with Crippen LogP contribution in [0.4, 0.5) is 0 Å². The Hall–Kier alpha value is -1.03. The molecule has 3 unspecified atom stereocenters. The third kappa shape index (κ3) is 2.16. The topological polar surface area (TPSA) is 38.1 Å². The van der Waals surface area contributed by atoms with Gasteiger partial charge >= 0.3 is 0 Å². The van der Waals surface area contributed by atoms with Gasteiger partial charge in [0.25, 0.3) is 0 Å². The molecule has 5 heteroatoms. The molecule has 3 rings (SSSR count). The molecule has 2 aliphatic heterocycles. The average molecular weight is 282 g/mol. The maximum Gasteiger partial charge on any atom is 0.240 e. The lowest BCUT2D eigenvalue weighted by Crippen LogP contribution is -2.48. The van der Waals surface area contributed by atoms with Crippen molar-refractivity contribution in [1.29, 1.82) is 0 Å². The average Bonchev–Trinajstić information content (AvgIpc) is 2.90. The van der Waals surface area contributed by atoms with Gasteiger partial charge in [0.05, 0.1) is 0 Å². The molecule has 4 nitrogen and oxygen atoms in total. The van der Waals surface area contributed by atoms with Crippen LogP contribution in [0, 0.1) is 0 Å². The molecule has 3 atom stereocenters. The molecule has 0 radical (unpaired) electrons. The Balaban J connectivity index is 1.79. The Labute approximate surface area is 118 Å². The number of alkyl halides is 1. The highest BCUT2D eigenvalue weighted by atomic mass is 35.5. The van der Waals surface area contributed by atoms with Crippen molar-refractivity contribution >= 4 is 17.5 Å². The summed E-state index contributed by atoms with van der Waals surface area (Å²) in [5, 5.41) is 3.85. The highest BCUT2D eigenvalue weighted by molar-refractivity contribution is 6.30. The minimum Gasteiger partial charge on any atom is -0.335 e. The van der Waals surface area contributed by atoms with Crippen LogP contribution < -0.4 is 0 Å². The summed E-state index contributed by atoms with van der Waals surface area (Å²) < 4.78 is 1.96. The Morgan fingerprint density at radius 3 is 2.53 bits per heavy atom. The Morgan fingerprint density at radius 1 is 1.42 bits per heavy atom. The van der Waals surface area contributed by atoms with E-state index in [0.29, 0.717) is 18.0 Å². The molecule has 0 saturated carbocycles. The number of halogens is 1. The van der Waals surface area contributed by atoms with E-state index in [-0.39, 0.29) is 5.91 Å². The van der Waals surface area contributed by atoms with Gasteiger partial charge in [0.2, 0.25) is 5.91 Å². The van der Waals surface area contributed by atoms with Crippen molar-refractivity contribution in [2.24, 2.45) is 7.05 Å².